The van der Waals surface area contributed by atoms with Crippen molar-refractivity contribution in [3.8, 4) is 5.75 Å². The Bertz CT molecular complexity index is 944. The highest BCUT2D eigenvalue weighted by Crippen LogP contribution is 2.30. The molecule has 1 amide bonds. The Balaban J connectivity index is 1.77. The zero-order chi connectivity index (χ0) is 18.0. The lowest BCUT2D eigenvalue weighted by molar-refractivity contribution is -0.384. The first-order chi connectivity index (χ1) is 11.9. The van der Waals surface area contributed by atoms with Crippen LogP contribution in [0.1, 0.15) is 10.4 Å². The predicted molar refractivity (Wildman–Crippen MR) is 87.3 cm³/mol. The number of hydrogen-bond acceptors (Lipinski definition) is 6. The number of halogens is 2. The number of nitrogens with one attached hydrogen (secondary N) is 1. The maximum absolute atomic E-state index is 12.2. The zero-order valence-corrected chi connectivity index (χ0v) is 13.1. The molecular formula is C15H9F2N3O4S. The SMILES string of the molecule is O=C(Nc1nc2ccc(OC(F)F)cc2s1)c1ccc([N+](=O)[O-])cc1. The first kappa shape index (κ1) is 16.7. The number of thiazole rings is 1. The number of ether oxygens (including phenoxy) is 1. The van der Waals surface area contributed by atoms with Crippen LogP contribution in [0.15, 0.2) is 42.5 Å². The summed E-state index contributed by atoms with van der Waals surface area (Å²) in [7, 11) is 0. The van der Waals surface area contributed by atoms with Gasteiger partial charge in [0.05, 0.1) is 15.1 Å². The second kappa shape index (κ2) is 6.77. The number of carbonyl (C=O) groups is 1. The Labute approximate surface area is 143 Å². The highest BCUT2D eigenvalue weighted by Gasteiger charge is 2.13. The van der Waals surface area contributed by atoms with Gasteiger partial charge in [0.1, 0.15) is 5.75 Å². The molecule has 25 heavy (non-hydrogen) atoms. The number of amides is 1. The minimum Gasteiger partial charge on any atom is -0.435 e. The smallest absolute Gasteiger partial charge is 0.387 e. The van der Waals surface area contributed by atoms with E-state index in [-0.39, 0.29) is 22.1 Å². The van der Waals surface area contributed by atoms with Crippen molar-refractivity contribution in [2.24, 2.45) is 0 Å². The van der Waals surface area contributed by atoms with Crippen molar-refractivity contribution < 1.29 is 23.2 Å². The fourth-order valence-corrected chi connectivity index (χ4v) is 2.93. The summed E-state index contributed by atoms with van der Waals surface area (Å²) in [6.07, 6.45) is 0. The summed E-state index contributed by atoms with van der Waals surface area (Å²) in [6.45, 7) is -2.92. The minimum absolute atomic E-state index is 0.000560. The molecule has 10 heteroatoms. The molecule has 7 nitrogen and oxygen atoms in total. The minimum atomic E-state index is -2.92. The number of rotatable bonds is 5. The third-order valence-electron chi connectivity index (χ3n) is 3.15. The summed E-state index contributed by atoms with van der Waals surface area (Å²) in [4.78, 5) is 26.4. The lowest BCUT2D eigenvalue weighted by Gasteiger charge is -2.02. The number of fused-ring (bicyclic) bond motifs is 1. The van der Waals surface area contributed by atoms with E-state index in [0.29, 0.717) is 10.2 Å². The van der Waals surface area contributed by atoms with Gasteiger partial charge in [-0.3, -0.25) is 20.2 Å². The van der Waals surface area contributed by atoms with Gasteiger partial charge in [0.15, 0.2) is 5.13 Å². The van der Waals surface area contributed by atoms with Crippen LogP contribution in [0.2, 0.25) is 0 Å². The molecule has 1 aromatic heterocycles. The van der Waals surface area contributed by atoms with Gasteiger partial charge in [-0.05, 0) is 30.3 Å². The van der Waals surface area contributed by atoms with E-state index in [1.54, 1.807) is 0 Å². The van der Waals surface area contributed by atoms with Crippen LogP contribution >= 0.6 is 11.3 Å². The van der Waals surface area contributed by atoms with Crippen molar-refractivity contribution in [2.45, 2.75) is 6.61 Å². The molecule has 1 heterocycles. The van der Waals surface area contributed by atoms with Crippen molar-refractivity contribution in [1.82, 2.24) is 4.98 Å². The number of aromatic nitrogens is 1. The number of benzene rings is 2. The van der Waals surface area contributed by atoms with Crippen LogP contribution in [0.3, 0.4) is 0 Å². The molecule has 0 aliphatic carbocycles. The highest BCUT2D eigenvalue weighted by atomic mass is 32.1. The van der Waals surface area contributed by atoms with Crippen molar-refractivity contribution in [2.75, 3.05) is 5.32 Å². The third kappa shape index (κ3) is 3.86. The Morgan fingerprint density at radius 3 is 2.60 bits per heavy atom. The predicted octanol–water partition coefficient (Wildman–Crippen LogP) is 4.06. The molecule has 0 radical (unpaired) electrons. The Morgan fingerprint density at radius 2 is 1.96 bits per heavy atom. The average molecular weight is 365 g/mol. The molecule has 0 atom stereocenters. The molecule has 1 N–H and O–H groups in total. The molecule has 0 fully saturated rings. The van der Waals surface area contributed by atoms with Crippen LogP contribution in [-0.4, -0.2) is 22.4 Å². The molecule has 0 aliphatic rings. The zero-order valence-electron chi connectivity index (χ0n) is 12.3. The summed E-state index contributed by atoms with van der Waals surface area (Å²) < 4.78 is 29.3. The van der Waals surface area contributed by atoms with E-state index >= 15 is 0 Å². The molecule has 0 bridgehead atoms. The molecule has 0 unspecified atom stereocenters. The average Bonchev–Trinajstić information content (AvgIpc) is 2.95. The lowest BCUT2D eigenvalue weighted by Crippen LogP contribution is -2.11. The summed E-state index contributed by atoms with van der Waals surface area (Å²) in [5, 5.41) is 13.4. The second-order valence-electron chi connectivity index (χ2n) is 4.79. The topological polar surface area (TPSA) is 94.4 Å². The highest BCUT2D eigenvalue weighted by molar-refractivity contribution is 7.22. The van der Waals surface area contributed by atoms with Gasteiger partial charge in [0.25, 0.3) is 11.6 Å². The first-order valence-corrected chi connectivity index (χ1v) is 7.65. The van der Waals surface area contributed by atoms with Crippen molar-refractivity contribution in [3.63, 3.8) is 0 Å². The molecule has 0 saturated carbocycles. The largest absolute Gasteiger partial charge is 0.435 e. The van der Waals surface area contributed by atoms with Crippen LogP contribution in [0.4, 0.5) is 19.6 Å². The van der Waals surface area contributed by atoms with E-state index in [1.165, 1.54) is 42.5 Å². The van der Waals surface area contributed by atoms with Gasteiger partial charge in [-0.1, -0.05) is 11.3 Å². The van der Waals surface area contributed by atoms with Gasteiger partial charge < -0.3 is 4.74 Å². The number of anilines is 1. The number of nitrogens with zero attached hydrogens (tertiary/aromatic N) is 2. The number of hydrogen-bond donors (Lipinski definition) is 1. The normalized spacial score (nSPS) is 10.8. The van der Waals surface area contributed by atoms with Gasteiger partial charge in [0.2, 0.25) is 0 Å². The van der Waals surface area contributed by atoms with E-state index in [1.807, 2.05) is 0 Å². The monoisotopic (exact) mass is 365 g/mol. The Kier molecular flexibility index (Phi) is 4.52. The Hall–Kier alpha value is -3.14. The van der Waals surface area contributed by atoms with Gasteiger partial charge >= 0.3 is 6.61 Å². The molecule has 2 aromatic carbocycles. The first-order valence-electron chi connectivity index (χ1n) is 6.83. The molecule has 3 aromatic rings. The van der Waals surface area contributed by atoms with E-state index < -0.39 is 17.4 Å². The standard InChI is InChI=1S/C15H9F2N3O4S/c16-14(17)24-10-5-6-11-12(7-10)25-15(18-11)19-13(21)8-1-3-9(4-2-8)20(22)23/h1-7,14H,(H,18,19,21). The number of carbonyl (C=O) groups excluding carboxylic acids is 1. The summed E-state index contributed by atoms with van der Waals surface area (Å²) in [5.41, 5.74) is 0.625. The fraction of sp³-hybridized carbons (Fsp3) is 0.0667. The van der Waals surface area contributed by atoms with Gasteiger partial charge in [0, 0.05) is 17.7 Å². The maximum atomic E-state index is 12.2. The van der Waals surface area contributed by atoms with Gasteiger partial charge in [-0.25, -0.2) is 4.98 Å². The van der Waals surface area contributed by atoms with Crippen molar-refractivity contribution >= 4 is 38.3 Å². The van der Waals surface area contributed by atoms with Crippen LogP contribution in [-0.2, 0) is 0 Å². The van der Waals surface area contributed by atoms with Crippen molar-refractivity contribution in [1.29, 1.82) is 0 Å². The lowest BCUT2D eigenvalue weighted by atomic mass is 10.2. The van der Waals surface area contributed by atoms with E-state index in [4.69, 9.17) is 0 Å². The van der Waals surface area contributed by atoms with Crippen LogP contribution < -0.4 is 10.1 Å². The van der Waals surface area contributed by atoms with Gasteiger partial charge in [-0.2, -0.15) is 8.78 Å². The molecule has 128 valence electrons. The number of non-ortho nitro benzene ring substituents is 1. The van der Waals surface area contributed by atoms with E-state index in [2.05, 4.69) is 15.0 Å². The van der Waals surface area contributed by atoms with Crippen LogP contribution in [0.5, 0.6) is 5.75 Å². The van der Waals surface area contributed by atoms with E-state index in [0.717, 1.165) is 11.3 Å². The number of alkyl halides is 2. The van der Waals surface area contributed by atoms with E-state index in [9.17, 15) is 23.7 Å². The molecule has 0 saturated heterocycles. The molecule has 3 rings (SSSR count). The van der Waals surface area contributed by atoms with Gasteiger partial charge in [-0.15, -0.1) is 0 Å². The third-order valence-corrected chi connectivity index (χ3v) is 4.08. The summed E-state index contributed by atoms with van der Waals surface area (Å²) >= 11 is 1.09. The van der Waals surface area contributed by atoms with Crippen LogP contribution in [0, 0.1) is 10.1 Å². The van der Waals surface area contributed by atoms with Crippen LogP contribution in [0.25, 0.3) is 10.2 Å². The fourth-order valence-electron chi connectivity index (χ4n) is 2.04. The number of nitro groups is 1. The summed E-state index contributed by atoms with van der Waals surface area (Å²) in [6, 6.07) is 9.37. The number of nitro benzene ring substituents is 1. The second-order valence-corrected chi connectivity index (χ2v) is 5.82. The quantitative estimate of drug-likeness (QED) is 0.543. The molecular weight excluding hydrogens is 356 g/mol. The molecule has 0 spiro atoms. The summed E-state index contributed by atoms with van der Waals surface area (Å²) in [5.74, 6) is -0.489. The van der Waals surface area contributed by atoms with Crippen molar-refractivity contribution in [3.05, 3.63) is 58.1 Å². The molecule has 0 aliphatic heterocycles. The maximum Gasteiger partial charge on any atom is 0.387 e. The Morgan fingerprint density at radius 1 is 1.24 bits per heavy atom.